The number of nitrogens with zero attached hydrogens (tertiary/aromatic N) is 3. The molecule has 2 heterocycles. The molecule has 4 rings (SSSR count). The topological polar surface area (TPSA) is 42.7 Å². The summed E-state index contributed by atoms with van der Waals surface area (Å²) in [6.45, 7) is 4.39. The highest BCUT2D eigenvalue weighted by Gasteiger charge is 2.24. The standard InChI is InChI=1S/C20H19ClN4/c1-13(2)14-7-9-15(10-8-14)18-11-19(16-5-3-4-6-17(16)21)25-20(24-18)22-12-23-25/h3-13,19H,1-2H3,(H,22,23,24)/t19-/m1/s1. The highest BCUT2D eigenvalue weighted by Crippen LogP contribution is 2.35. The summed E-state index contributed by atoms with van der Waals surface area (Å²) in [6, 6.07) is 16.4. The van der Waals surface area contributed by atoms with Crippen molar-refractivity contribution in [2.24, 2.45) is 0 Å². The molecule has 0 unspecified atom stereocenters. The average Bonchev–Trinajstić information content (AvgIpc) is 3.10. The molecule has 0 spiro atoms. The zero-order chi connectivity index (χ0) is 17.4. The summed E-state index contributed by atoms with van der Waals surface area (Å²) in [5.41, 5.74) is 4.47. The molecule has 3 aromatic rings. The van der Waals surface area contributed by atoms with Crippen molar-refractivity contribution in [3.05, 3.63) is 82.6 Å². The van der Waals surface area contributed by atoms with Gasteiger partial charge in [-0.2, -0.15) is 10.1 Å². The van der Waals surface area contributed by atoms with Gasteiger partial charge in [-0.15, -0.1) is 0 Å². The normalized spacial score (nSPS) is 16.3. The average molecular weight is 351 g/mol. The van der Waals surface area contributed by atoms with E-state index < -0.39 is 0 Å². The van der Waals surface area contributed by atoms with E-state index in [0.29, 0.717) is 5.92 Å². The van der Waals surface area contributed by atoms with Crippen molar-refractivity contribution in [2.75, 3.05) is 5.32 Å². The lowest BCUT2D eigenvalue weighted by Gasteiger charge is -2.25. The molecular formula is C20H19ClN4. The Morgan fingerprint density at radius 3 is 2.56 bits per heavy atom. The Hall–Kier alpha value is -2.59. The third kappa shape index (κ3) is 2.94. The molecule has 2 aromatic carbocycles. The predicted molar refractivity (Wildman–Crippen MR) is 102 cm³/mol. The first kappa shape index (κ1) is 15.9. The quantitative estimate of drug-likeness (QED) is 0.713. The van der Waals surface area contributed by atoms with Crippen molar-refractivity contribution in [3.63, 3.8) is 0 Å². The van der Waals surface area contributed by atoms with E-state index in [4.69, 9.17) is 11.6 Å². The Bertz CT molecular complexity index is 925. The molecule has 0 bridgehead atoms. The first-order chi connectivity index (χ1) is 12.1. The van der Waals surface area contributed by atoms with Crippen molar-refractivity contribution in [3.8, 4) is 0 Å². The van der Waals surface area contributed by atoms with Crippen LogP contribution in [0.2, 0.25) is 5.02 Å². The Morgan fingerprint density at radius 1 is 1.08 bits per heavy atom. The summed E-state index contributed by atoms with van der Waals surface area (Å²) >= 11 is 6.43. The number of fused-ring (bicyclic) bond motifs is 1. The van der Waals surface area contributed by atoms with Crippen LogP contribution in [0.4, 0.5) is 5.95 Å². The summed E-state index contributed by atoms with van der Waals surface area (Å²) in [4.78, 5) is 4.34. The fourth-order valence-corrected chi connectivity index (χ4v) is 3.33. The van der Waals surface area contributed by atoms with Gasteiger partial charge in [0.2, 0.25) is 5.95 Å². The lowest BCUT2D eigenvalue weighted by molar-refractivity contribution is 0.612. The summed E-state index contributed by atoms with van der Waals surface area (Å²) in [6.07, 6.45) is 3.71. The zero-order valence-electron chi connectivity index (χ0n) is 14.1. The van der Waals surface area contributed by atoms with Gasteiger partial charge >= 0.3 is 0 Å². The Labute approximate surface area is 152 Å². The number of allylic oxidation sites excluding steroid dienone is 1. The molecule has 0 aliphatic carbocycles. The Morgan fingerprint density at radius 2 is 1.84 bits per heavy atom. The summed E-state index contributed by atoms with van der Waals surface area (Å²) in [5.74, 6) is 1.23. The maximum Gasteiger partial charge on any atom is 0.226 e. The zero-order valence-corrected chi connectivity index (χ0v) is 14.9. The first-order valence-electron chi connectivity index (χ1n) is 8.36. The van der Waals surface area contributed by atoms with Crippen molar-refractivity contribution in [2.45, 2.75) is 25.8 Å². The maximum absolute atomic E-state index is 6.43. The number of nitrogens with one attached hydrogen (secondary N) is 1. The number of benzene rings is 2. The molecule has 5 heteroatoms. The van der Waals surface area contributed by atoms with E-state index in [9.17, 15) is 0 Å². The molecule has 1 atom stereocenters. The van der Waals surface area contributed by atoms with Crippen molar-refractivity contribution in [1.82, 2.24) is 14.8 Å². The second kappa shape index (κ2) is 6.37. The fourth-order valence-electron chi connectivity index (χ4n) is 3.09. The summed E-state index contributed by atoms with van der Waals surface area (Å²) in [7, 11) is 0. The lowest BCUT2D eigenvalue weighted by atomic mass is 9.98. The predicted octanol–water partition coefficient (Wildman–Crippen LogP) is 5.11. The third-order valence-corrected chi connectivity index (χ3v) is 4.86. The van der Waals surface area contributed by atoms with Gasteiger partial charge in [-0.3, -0.25) is 0 Å². The number of anilines is 1. The van der Waals surface area contributed by atoms with Crippen LogP contribution < -0.4 is 5.32 Å². The van der Waals surface area contributed by atoms with E-state index >= 15 is 0 Å². The van der Waals surface area contributed by atoms with Crippen LogP contribution in [-0.2, 0) is 0 Å². The lowest BCUT2D eigenvalue weighted by Crippen LogP contribution is -2.20. The largest absolute Gasteiger partial charge is 0.324 e. The van der Waals surface area contributed by atoms with Crippen LogP contribution in [0.1, 0.15) is 42.5 Å². The third-order valence-electron chi connectivity index (χ3n) is 4.52. The molecule has 1 aromatic heterocycles. The van der Waals surface area contributed by atoms with Gasteiger partial charge < -0.3 is 5.32 Å². The molecule has 25 heavy (non-hydrogen) atoms. The van der Waals surface area contributed by atoms with Gasteiger partial charge in [0, 0.05) is 10.7 Å². The van der Waals surface area contributed by atoms with Crippen LogP contribution in [0, 0.1) is 0 Å². The smallest absolute Gasteiger partial charge is 0.226 e. The number of halogens is 1. The summed E-state index contributed by atoms with van der Waals surface area (Å²) < 4.78 is 1.85. The monoisotopic (exact) mass is 350 g/mol. The Kier molecular flexibility index (Phi) is 4.06. The first-order valence-corrected chi connectivity index (χ1v) is 8.74. The van der Waals surface area contributed by atoms with Crippen LogP contribution in [0.25, 0.3) is 5.70 Å². The van der Waals surface area contributed by atoms with Gasteiger partial charge in [-0.05, 0) is 34.8 Å². The van der Waals surface area contributed by atoms with Crippen molar-refractivity contribution < 1.29 is 0 Å². The second-order valence-corrected chi connectivity index (χ2v) is 6.88. The van der Waals surface area contributed by atoms with Gasteiger partial charge in [0.25, 0.3) is 0 Å². The van der Waals surface area contributed by atoms with Crippen LogP contribution in [0.3, 0.4) is 0 Å². The number of rotatable bonds is 3. The highest BCUT2D eigenvalue weighted by atomic mass is 35.5. The van der Waals surface area contributed by atoms with Gasteiger partial charge in [0.05, 0.1) is 0 Å². The molecule has 4 nitrogen and oxygen atoms in total. The van der Waals surface area contributed by atoms with E-state index in [1.807, 2.05) is 28.9 Å². The minimum atomic E-state index is -0.0905. The second-order valence-electron chi connectivity index (χ2n) is 6.48. The Balaban J connectivity index is 1.77. The fraction of sp³-hybridized carbons (Fsp3) is 0.200. The van der Waals surface area contributed by atoms with Crippen LogP contribution in [0.15, 0.2) is 60.9 Å². The number of hydrogen-bond donors (Lipinski definition) is 1. The van der Waals surface area contributed by atoms with Gasteiger partial charge in [-0.1, -0.05) is 67.9 Å². The van der Waals surface area contributed by atoms with E-state index in [-0.39, 0.29) is 6.04 Å². The molecule has 0 fully saturated rings. The number of aromatic nitrogens is 3. The SMILES string of the molecule is CC(C)c1ccc(C2=C[C@H](c3ccccc3Cl)n3ncnc3N2)cc1. The molecule has 0 radical (unpaired) electrons. The van der Waals surface area contributed by atoms with Crippen LogP contribution >= 0.6 is 11.6 Å². The van der Waals surface area contributed by atoms with Crippen molar-refractivity contribution >= 4 is 23.2 Å². The van der Waals surface area contributed by atoms with Crippen LogP contribution in [0.5, 0.6) is 0 Å². The minimum Gasteiger partial charge on any atom is -0.324 e. The van der Waals surface area contributed by atoms with E-state index in [0.717, 1.165) is 27.8 Å². The molecule has 1 aliphatic rings. The molecule has 0 saturated heterocycles. The van der Waals surface area contributed by atoms with E-state index in [1.165, 1.54) is 5.56 Å². The van der Waals surface area contributed by atoms with E-state index in [2.05, 4.69) is 59.6 Å². The number of hydrogen-bond acceptors (Lipinski definition) is 3. The molecular weight excluding hydrogens is 332 g/mol. The highest BCUT2D eigenvalue weighted by molar-refractivity contribution is 6.31. The maximum atomic E-state index is 6.43. The molecule has 126 valence electrons. The molecule has 1 N–H and O–H groups in total. The van der Waals surface area contributed by atoms with Crippen molar-refractivity contribution in [1.29, 1.82) is 0 Å². The molecule has 1 aliphatic heterocycles. The van der Waals surface area contributed by atoms with Gasteiger partial charge in [0.15, 0.2) is 0 Å². The molecule has 0 saturated carbocycles. The summed E-state index contributed by atoms with van der Waals surface area (Å²) in [5, 5.41) is 8.45. The van der Waals surface area contributed by atoms with Gasteiger partial charge in [-0.25, -0.2) is 4.68 Å². The van der Waals surface area contributed by atoms with Crippen LogP contribution in [-0.4, -0.2) is 14.8 Å². The minimum absolute atomic E-state index is 0.0905. The van der Waals surface area contributed by atoms with Gasteiger partial charge in [0.1, 0.15) is 12.4 Å². The van der Waals surface area contributed by atoms with E-state index in [1.54, 1.807) is 6.33 Å². The molecule has 0 amide bonds.